The van der Waals surface area contributed by atoms with Crippen LogP contribution in [0.25, 0.3) is 21.8 Å². The number of ether oxygens (including phenoxy) is 5. The molecule has 0 aliphatic carbocycles. The summed E-state index contributed by atoms with van der Waals surface area (Å²) >= 11 is 0. The third kappa shape index (κ3) is 12.8. The van der Waals surface area contributed by atoms with Gasteiger partial charge in [-0.3, -0.25) is 9.80 Å². The molecule has 6 aromatic rings. The molecule has 370 valence electrons. The van der Waals surface area contributed by atoms with E-state index >= 15 is 0 Å². The van der Waals surface area contributed by atoms with Gasteiger partial charge >= 0.3 is 11.9 Å². The van der Waals surface area contributed by atoms with Crippen molar-refractivity contribution in [2.24, 2.45) is 0 Å². The molecule has 0 spiro atoms. The highest BCUT2D eigenvalue weighted by Gasteiger charge is 2.27. The Balaban J connectivity index is 0.000000204. The van der Waals surface area contributed by atoms with E-state index in [-0.39, 0.29) is 23.9 Å². The van der Waals surface area contributed by atoms with Gasteiger partial charge in [-0.15, -0.1) is 0 Å². The molecule has 16 heteroatoms. The SMILES string of the molecule is CCOCCn1cc(C2CCN(CCOc3cccc(F)c3C(=O)O)CC2)c2cc(F)ccc21.CCOCCn1cc(C2CCN(CCOc3cccc(F)c3C(=O)O)CC2)c2cc(OC)ccc21. The Kier molecular flexibility index (Phi) is 18.0. The molecule has 2 aliphatic heterocycles. The molecule has 0 amide bonds. The molecule has 0 unspecified atom stereocenters. The van der Waals surface area contributed by atoms with Crippen LogP contribution < -0.4 is 14.2 Å². The Bertz CT molecular complexity index is 2650. The highest BCUT2D eigenvalue weighted by atomic mass is 19.1. The van der Waals surface area contributed by atoms with Gasteiger partial charge in [-0.2, -0.15) is 0 Å². The first-order valence-corrected chi connectivity index (χ1v) is 23.8. The quantitative estimate of drug-likeness (QED) is 0.0668. The third-order valence-corrected chi connectivity index (χ3v) is 13.1. The van der Waals surface area contributed by atoms with E-state index in [1.807, 2.05) is 26.0 Å². The van der Waals surface area contributed by atoms with Crippen LogP contribution in [0.4, 0.5) is 13.2 Å². The number of aromatic nitrogens is 2. The predicted octanol–water partition coefficient (Wildman–Crippen LogP) is 9.69. The Hall–Kier alpha value is -6.07. The van der Waals surface area contributed by atoms with Crippen molar-refractivity contribution < 1.29 is 56.7 Å². The number of aromatic carboxylic acids is 2. The van der Waals surface area contributed by atoms with Crippen LogP contribution in [0.2, 0.25) is 0 Å². The highest BCUT2D eigenvalue weighted by Crippen LogP contribution is 2.37. The average Bonchev–Trinajstić information content (AvgIpc) is 3.89. The second-order valence-corrected chi connectivity index (χ2v) is 17.3. The lowest BCUT2D eigenvalue weighted by atomic mass is 9.89. The van der Waals surface area contributed by atoms with E-state index in [1.165, 1.54) is 52.4 Å². The smallest absolute Gasteiger partial charge is 0.342 e. The fourth-order valence-electron chi connectivity index (χ4n) is 9.53. The summed E-state index contributed by atoms with van der Waals surface area (Å²) in [5, 5.41) is 20.7. The normalized spacial score (nSPS) is 15.0. The minimum Gasteiger partial charge on any atom is -0.497 e. The van der Waals surface area contributed by atoms with Crippen molar-refractivity contribution in [1.29, 1.82) is 0 Å². The predicted molar refractivity (Wildman–Crippen MR) is 258 cm³/mol. The number of rotatable bonds is 21. The molecular weight excluding hydrogens is 894 g/mol. The zero-order valence-electron chi connectivity index (χ0n) is 39.6. The molecule has 0 saturated carbocycles. The van der Waals surface area contributed by atoms with Gasteiger partial charge in [0, 0.05) is 73.6 Å². The van der Waals surface area contributed by atoms with Crippen LogP contribution in [0.15, 0.2) is 85.2 Å². The van der Waals surface area contributed by atoms with Crippen molar-refractivity contribution in [1.82, 2.24) is 18.9 Å². The molecule has 69 heavy (non-hydrogen) atoms. The molecule has 4 heterocycles. The average molecular weight is 957 g/mol. The molecule has 0 bridgehead atoms. The summed E-state index contributed by atoms with van der Waals surface area (Å²) in [5.74, 6) is -2.74. The van der Waals surface area contributed by atoms with E-state index in [0.717, 1.165) is 93.7 Å². The summed E-state index contributed by atoms with van der Waals surface area (Å²) in [6.07, 6.45) is 8.31. The van der Waals surface area contributed by atoms with Crippen LogP contribution in [-0.2, 0) is 22.6 Å². The monoisotopic (exact) mass is 956 g/mol. The van der Waals surface area contributed by atoms with Crippen molar-refractivity contribution in [3.63, 3.8) is 0 Å². The maximum Gasteiger partial charge on any atom is 0.342 e. The van der Waals surface area contributed by atoms with Crippen LogP contribution in [0.5, 0.6) is 17.2 Å². The van der Waals surface area contributed by atoms with Crippen LogP contribution >= 0.6 is 0 Å². The van der Waals surface area contributed by atoms with E-state index in [9.17, 15) is 33.0 Å². The van der Waals surface area contributed by atoms with Crippen molar-refractivity contribution in [3.8, 4) is 17.2 Å². The van der Waals surface area contributed by atoms with Crippen molar-refractivity contribution in [2.75, 3.05) is 86.0 Å². The number of benzene rings is 4. The molecule has 2 aliphatic rings. The number of carboxylic acids is 2. The van der Waals surface area contributed by atoms with Crippen molar-refractivity contribution in [2.45, 2.75) is 64.5 Å². The number of likely N-dealkylation sites (tertiary alicyclic amines) is 2. The number of hydrogen-bond acceptors (Lipinski definition) is 9. The first kappa shape index (κ1) is 50.8. The maximum absolute atomic E-state index is 14.0. The number of piperidine rings is 2. The van der Waals surface area contributed by atoms with Crippen molar-refractivity contribution in [3.05, 3.63) is 125 Å². The summed E-state index contributed by atoms with van der Waals surface area (Å²) < 4.78 is 73.9. The van der Waals surface area contributed by atoms with E-state index in [0.29, 0.717) is 58.0 Å². The zero-order chi connectivity index (χ0) is 48.9. The van der Waals surface area contributed by atoms with Gasteiger partial charge in [0.15, 0.2) is 0 Å². The Morgan fingerprint density at radius 1 is 0.594 bits per heavy atom. The maximum atomic E-state index is 14.0. The minimum atomic E-state index is -1.34. The van der Waals surface area contributed by atoms with Crippen LogP contribution in [-0.4, -0.2) is 127 Å². The second kappa shape index (κ2) is 24.5. The highest BCUT2D eigenvalue weighted by molar-refractivity contribution is 5.92. The summed E-state index contributed by atoms with van der Waals surface area (Å²) in [5.41, 5.74) is 3.89. The molecule has 0 radical (unpaired) electrons. The summed E-state index contributed by atoms with van der Waals surface area (Å²) in [6.45, 7) is 13.6. The molecule has 2 N–H and O–H groups in total. The van der Waals surface area contributed by atoms with Gasteiger partial charge in [-0.25, -0.2) is 22.8 Å². The lowest BCUT2D eigenvalue weighted by Crippen LogP contribution is -2.36. The number of methoxy groups -OCH3 is 1. The van der Waals surface area contributed by atoms with E-state index < -0.39 is 34.7 Å². The molecule has 8 rings (SSSR count). The Morgan fingerprint density at radius 3 is 1.48 bits per heavy atom. The third-order valence-electron chi connectivity index (χ3n) is 13.1. The second-order valence-electron chi connectivity index (χ2n) is 17.3. The summed E-state index contributed by atoms with van der Waals surface area (Å²) in [7, 11) is 1.69. The van der Waals surface area contributed by atoms with Gasteiger partial charge in [0.1, 0.15) is 59.0 Å². The van der Waals surface area contributed by atoms with Gasteiger partial charge < -0.3 is 43.0 Å². The fourth-order valence-corrected chi connectivity index (χ4v) is 9.53. The summed E-state index contributed by atoms with van der Waals surface area (Å²) in [4.78, 5) is 27.2. The van der Waals surface area contributed by atoms with Gasteiger partial charge in [0.25, 0.3) is 0 Å². The lowest BCUT2D eigenvalue weighted by Gasteiger charge is -2.31. The van der Waals surface area contributed by atoms with Crippen molar-refractivity contribution >= 4 is 33.7 Å². The summed E-state index contributed by atoms with van der Waals surface area (Å²) in [6, 6.07) is 19.3. The molecule has 2 saturated heterocycles. The molecule has 4 aromatic carbocycles. The number of halogens is 3. The number of carboxylic acid groups (broad SMARTS) is 2. The lowest BCUT2D eigenvalue weighted by molar-refractivity contribution is 0.0674. The Labute approximate surface area is 400 Å². The number of carbonyl (C=O) groups is 2. The number of hydrogen-bond donors (Lipinski definition) is 2. The topological polar surface area (TPSA) is 137 Å². The molecule has 2 aromatic heterocycles. The van der Waals surface area contributed by atoms with Crippen LogP contribution in [0.3, 0.4) is 0 Å². The first-order valence-electron chi connectivity index (χ1n) is 23.8. The molecule has 0 atom stereocenters. The minimum absolute atomic E-state index is 0.0456. The first-order chi connectivity index (χ1) is 33.5. The number of nitrogens with zero attached hydrogens (tertiary/aromatic N) is 4. The standard InChI is InChI=1S/C27H33FN2O5.C26H30F2N2O4/c1-3-34-15-14-30-18-22(21-17-20(33-2)7-8-24(21)30)19-9-11-29(12-10-19)13-16-35-25-6-4-5-23(28)26(25)27(31)32;1-2-33-14-13-30-17-21(20-16-19(27)6-7-23(20)30)18-8-10-29(11-9-18)12-15-34-24-5-3-4-22(28)25(24)26(31)32/h4-8,17-19H,3,9-16H2,1-2H3,(H,31,32);3-7,16-18H,2,8-15H2,1H3,(H,31,32). The van der Waals surface area contributed by atoms with Crippen LogP contribution in [0, 0.1) is 17.5 Å². The number of fused-ring (bicyclic) bond motifs is 2. The van der Waals surface area contributed by atoms with Gasteiger partial charge in [0.05, 0.1) is 20.3 Å². The largest absolute Gasteiger partial charge is 0.497 e. The van der Waals surface area contributed by atoms with Crippen LogP contribution in [0.1, 0.15) is 83.2 Å². The fraction of sp³-hybridized carbons (Fsp3) is 0.434. The van der Waals surface area contributed by atoms with Gasteiger partial charge in [-0.1, -0.05) is 12.1 Å². The molecule has 2 fully saturated rings. The van der Waals surface area contributed by atoms with E-state index in [1.54, 1.807) is 13.2 Å². The zero-order valence-corrected chi connectivity index (χ0v) is 39.6. The van der Waals surface area contributed by atoms with Gasteiger partial charge in [0.2, 0.25) is 0 Å². The van der Waals surface area contributed by atoms with E-state index in [4.69, 9.17) is 23.7 Å². The molecular formula is C53H63F3N4O9. The Morgan fingerprint density at radius 2 is 1.04 bits per heavy atom. The van der Waals surface area contributed by atoms with E-state index in [2.05, 4.69) is 43.5 Å². The molecule has 13 nitrogen and oxygen atoms in total. The van der Waals surface area contributed by atoms with Gasteiger partial charge in [-0.05, 0) is 149 Å².